The van der Waals surface area contributed by atoms with Gasteiger partial charge in [0.15, 0.2) is 0 Å². The molecule has 0 aliphatic heterocycles. The number of hydrogen-bond donors (Lipinski definition) is 0. The highest BCUT2D eigenvalue weighted by molar-refractivity contribution is 6.20. The second-order valence-corrected chi connectivity index (χ2v) is 5.85. The molecule has 0 aromatic heterocycles. The molecule has 0 amide bonds. The first kappa shape index (κ1) is 13.4. The topological polar surface area (TPSA) is 0 Å². The molecule has 0 saturated carbocycles. The lowest BCUT2D eigenvalue weighted by atomic mass is 9.98. The Kier molecular flexibility index (Phi) is 4.66. The molecular weight excluding hydrogens is 240 g/mol. The summed E-state index contributed by atoms with van der Waals surface area (Å²) < 4.78 is 0. The second kappa shape index (κ2) is 6.24. The Balaban J connectivity index is 2.04. The molecule has 1 unspecified atom stereocenters. The van der Waals surface area contributed by atoms with Crippen molar-refractivity contribution in [1.29, 1.82) is 0 Å². The Bertz CT molecular complexity index is 496. The summed E-state index contributed by atoms with van der Waals surface area (Å²) in [4.78, 5) is 0. The highest BCUT2D eigenvalue weighted by Gasteiger charge is 2.09. The fourth-order valence-corrected chi connectivity index (χ4v) is 2.49. The van der Waals surface area contributed by atoms with Crippen LogP contribution in [0.25, 0.3) is 10.8 Å². The number of benzene rings is 2. The predicted octanol–water partition coefficient (Wildman–Crippen LogP) is 5.43. The van der Waals surface area contributed by atoms with E-state index in [4.69, 9.17) is 11.6 Å². The van der Waals surface area contributed by atoms with E-state index in [1.165, 1.54) is 22.8 Å². The zero-order chi connectivity index (χ0) is 13.0. The third-order valence-electron chi connectivity index (χ3n) is 3.53. The fourth-order valence-electron chi connectivity index (χ4n) is 2.33. The van der Waals surface area contributed by atoms with E-state index in [9.17, 15) is 0 Å². The van der Waals surface area contributed by atoms with Gasteiger partial charge in [0, 0.05) is 5.38 Å². The lowest BCUT2D eigenvalue weighted by Crippen LogP contribution is -2.07. The molecule has 0 radical (unpaired) electrons. The molecule has 0 N–H and O–H groups in total. The van der Waals surface area contributed by atoms with E-state index in [-0.39, 0.29) is 0 Å². The molecule has 1 atom stereocenters. The van der Waals surface area contributed by atoms with Crippen molar-refractivity contribution in [2.45, 2.75) is 38.5 Å². The Morgan fingerprint density at radius 2 is 1.72 bits per heavy atom. The van der Waals surface area contributed by atoms with Gasteiger partial charge in [-0.3, -0.25) is 0 Å². The zero-order valence-corrected chi connectivity index (χ0v) is 12.0. The van der Waals surface area contributed by atoms with Gasteiger partial charge in [-0.2, -0.15) is 0 Å². The van der Waals surface area contributed by atoms with Crippen LogP contribution in [0, 0.1) is 5.92 Å². The average molecular weight is 261 g/mol. The van der Waals surface area contributed by atoms with E-state index in [1.807, 2.05) is 0 Å². The molecule has 2 aromatic rings. The van der Waals surface area contributed by atoms with Gasteiger partial charge in [-0.25, -0.2) is 0 Å². The number of rotatable bonds is 5. The molecular formula is C17H21Cl. The number of fused-ring (bicyclic) bond motifs is 1. The SMILES string of the molecule is CC(C)C(Cl)CCCc1cccc2ccccc12. The van der Waals surface area contributed by atoms with Crippen molar-refractivity contribution in [1.82, 2.24) is 0 Å². The smallest absolute Gasteiger partial charge is 0.0359 e. The number of aryl methyl sites for hydroxylation is 1. The standard InChI is InChI=1S/C17H21Cl/c1-13(2)17(18)12-6-10-15-9-5-8-14-7-3-4-11-16(14)15/h3-5,7-9,11,13,17H,6,10,12H2,1-2H3. The lowest BCUT2D eigenvalue weighted by molar-refractivity contribution is 0.548. The van der Waals surface area contributed by atoms with Crippen LogP contribution in [0.15, 0.2) is 42.5 Å². The summed E-state index contributed by atoms with van der Waals surface area (Å²) >= 11 is 6.30. The van der Waals surface area contributed by atoms with Gasteiger partial charge in [-0.1, -0.05) is 56.3 Å². The summed E-state index contributed by atoms with van der Waals surface area (Å²) in [5, 5.41) is 3.02. The molecule has 96 valence electrons. The van der Waals surface area contributed by atoms with Gasteiger partial charge >= 0.3 is 0 Å². The molecule has 0 heterocycles. The third kappa shape index (κ3) is 3.26. The molecule has 0 aliphatic rings. The molecule has 0 spiro atoms. The molecule has 1 heteroatoms. The first-order chi connectivity index (χ1) is 8.68. The van der Waals surface area contributed by atoms with Crippen molar-refractivity contribution in [2.75, 3.05) is 0 Å². The molecule has 0 aliphatic carbocycles. The third-order valence-corrected chi connectivity index (χ3v) is 4.25. The summed E-state index contributed by atoms with van der Waals surface area (Å²) in [5.41, 5.74) is 1.45. The van der Waals surface area contributed by atoms with Crippen LogP contribution in [-0.2, 0) is 6.42 Å². The summed E-state index contributed by atoms with van der Waals surface area (Å²) in [6, 6.07) is 15.2. The Labute approximate surface area is 115 Å². The van der Waals surface area contributed by atoms with Gasteiger partial charge in [0.2, 0.25) is 0 Å². The highest BCUT2D eigenvalue weighted by Crippen LogP contribution is 2.22. The van der Waals surface area contributed by atoms with Crippen molar-refractivity contribution in [3.63, 3.8) is 0 Å². The maximum absolute atomic E-state index is 6.30. The lowest BCUT2D eigenvalue weighted by Gasteiger charge is -2.13. The number of halogens is 1. The minimum Gasteiger partial charge on any atom is -0.123 e. The predicted molar refractivity (Wildman–Crippen MR) is 81.4 cm³/mol. The van der Waals surface area contributed by atoms with Gasteiger partial charge in [0.25, 0.3) is 0 Å². The van der Waals surface area contributed by atoms with Crippen molar-refractivity contribution < 1.29 is 0 Å². The molecule has 2 rings (SSSR count). The maximum Gasteiger partial charge on any atom is 0.0359 e. The minimum absolute atomic E-state index is 0.306. The van der Waals surface area contributed by atoms with E-state index >= 15 is 0 Å². The van der Waals surface area contributed by atoms with Gasteiger partial charge in [-0.05, 0) is 41.5 Å². The van der Waals surface area contributed by atoms with Crippen molar-refractivity contribution in [3.05, 3.63) is 48.0 Å². The van der Waals surface area contributed by atoms with Gasteiger partial charge < -0.3 is 0 Å². The zero-order valence-electron chi connectivity index (χ0n) is 11.2. The first-order valence-electron chi connectivity index (χ1n) is 6.79. The van der Waals surface area contributed by atoms with Crippen LogP contribution in [0.1, 0.15) is 32.3 Å². The van der Waals surface area contributed by atoms with Gasteiger partial charge in [-0.15, -0.1) is 11.6 Å². The Morgan fingerprint density at radius 1 is 1.00 bits per heavy atom. The van der Waals surface area contributed by atoms with Gasteiger partial charge in [0.1, 0.15) is 0 Å². The van der Waals surface area contributed by atoms with Crippen LogP contribution < -0.4 is 0 Å². The summed E-state index contributed by atoms with van der Waals surface area (Å²) in [5.74, 6) is 0.569. The summed E-state index contributed by atoms with van der Waals surface area (Å²) in [6.07, 6.45) is 3.39. The summed E-state index contributed by atoms with van der Waals surface area (Å²) in [6.45, 7) is 4.38. The molecule has 0 nitrogen and oxygen atoms in total. The van der Waals surface area contributed by atoms with Crippen molar-refractivity contribution >= 4 is 22.4 Å². The van der Waals surface area contributed by atoms with E-state index in [0.717, 1.165) is 12.8 Å². The second-order valence-electron chi connectivity index (χ2n) is 5.29. The molecule has 2 aromatic carbocycles. The van der Waals surface area contributed by atoms with Crippen LogP contribution in [0.5, 0.6) is 0 Å². The molecule has 0 bridgehead atoms. The summed E-state index contributed by atoms with van der Waals surface area (Å²) in [7, 11) is 0. The number of alkyl halides is 1. The first-order valence-corrected chi connectivity index (χ1v) is 7.23. The van der Waals surface area contributed by atoms with E-state index in [1.54, 1.807) is 0 Å². The van der Waals surface area contributed by atoms with E-state index in [0.29, 0.717) is 11.3 Å². The molecule has 18 heavy (non-hydrogen) atoms. The van der Waals surface area contributed by atoms with Crippen molar-refractivity contribution in [2.24, 2.45) is 5.92 Å². The van der Waals surface area contributed by atoms with Crippen LogP contribution in [0.2, 0.25) is 0 Å². The van der Waals surface area contributed by atoms with Crippen LogP contribution in [0.3, 0.4) is 0 Å². The fraction of sp³-hybridized carbons (Fsp3) is 0.412. The van der Waals surface area contributed by atoms with Crippen LogP contribution in [0.4, 0.5) is 0 Å². The van der Waals surface area contributed by atoms with E-state index in [2.05, 4.69) is 56.3 Å². The largest absolute Gasteiger partial charge is 0.123 e. The quantitative estimate of drug-likeness (QED) is 0.629. The Morgan fingerprint density at radius 3 is 2.50 bits per heavy atom. The minimum atomic E-state index is 0.306. The van der Waals surface area contributed by atoms with Crippen LogP contribution >= 0.6 is 11.6 Å². The maximum atomic E-state index is 6.30. The molecule has 0 saturated heterocycles. The molecule has 0 fully saturated rings. The highest BCUT2D eigenvalue weighted by atomic mass is 35.5. The number of hydrogen-bond acceptors (Lipinski definition) is 0. The normalized spacial score (nSPS) is 13.1. The monoisotopic (exact) mass is 260 g/mol. The Hall–Kier alpha value is -1.01. The van der Waals surface area contributed by atoms with E-state index < -0.39 is 0 Å². The van der Waals surface area contributed by atoms with Gasteiger partial charge in [0.05, 0.1) is 0 Å². The van der Waals surface area contributed by atoms with Crippen LogP contribution in [-0.4, -0.2) is 5.38 Å². The average Bonchev–Trinajstić information content (AvgIpc) is 2.38. The van der Waals surface area contributed by atoms with Crippen molar-refractivity contribution in [3.8, 4) is 0 Å².